The van der Waals surface area contributed by atoms with Crippen LogP contribution in [-0.4, -0.2) is 23.7 Å². The first-order valence-electron chi connectivity index (χ1n) is 5.93. The van der Waals surface area contributed by atoms with E-state index in [0.717, 1.165) is 11.3 Å². The zero-order valence-corrected chi connectivity index (χ0v) is 11.1. The number of hydrogen-bond donors (Lipinski definition) is 3. The molecule has 0 aromatic carbocycles. The first kappa shape index (κ1) is 14.5. The number of hydrogen-bond acceptors (Lipinski definition) is 3. The standard InChI is InChI=1S/C12H18N2O3S/c1-2-9(10-5-4-8-18-10)14-12(17)13-7-3-6-11(15)16/h4-5,8-9H,2-3,6-7H2,1H3,(H,15,16)(H2,13,14,17). The summed E-state index contributed by atoms with van der Waals surface area (Å²) >= 11 is 1.61. The Hall–Kier alpha value is -1.56. The average Bonchev–Trinajstić information content (AvgIpc) is 2.85. The number of thiophene rings is 1. The smallest absolute Gasteiger partial charge is 0.315 e. The SMILES string of the molecule is CCC(NC(=O)NCCCC(=O)O)c1cccs1. The van der Waals surface area contributed by atoms with Crippen LogP contribution in [-0.2, 0) is 4.79 Å². The second-order valence-electron chi connectivity index (χ2n) is 3.87. The molecule has 2 amide bonds. The molecule has 0 aliphatic rings. The van der Waals surface area contributed by atoms with E-state index < -0.39 is 5.97 Å². The molecule has 0 aliphatic heterocycles. The minimum Gasteiger partial charge on any atom is -0.481 e. The lowest BCUT2D eigenvalue weighted by Gasteiger charge is -2.15. The minimum absolute atomic E-state index is 0.0180. The monoisotopic (exact) mass is 270 g/mol. The Bertz CT molecular complexity index is 379. The molecular weight excluding hydrogens is 252 g/mol. The van der Waals surface area contributed by atoms with Crippen LogP contribution in [0.1, 0.15) is 37.1 Å². The van der Waals surface area contributed by atoms with Gasteiger partial charge in [0, 0.05) is 17.8 Å². The molecule has 0 aliphatic carbocycles. The van der Waals surface area contributed by atoms with Crippen LogP contribution in [0.25, 0.3) is 0 Å². The molecule has 3 N–H and O–H groups in total. The molecule has 0 bridgehead atoms. The normalized spacial score (nSPS) is 11.8. The van der Waals surface area contributed by atoms with Crippen LogP contribution in [0.5, 0.6) is 0 Å². The lowest BCUT2D eigenvalue weighted by atomic mass is 10.2. The van der Waals surface area contributed by atoms with Gasteiger partial charge >= 0.3 is 12.0 Å². The second-order valence-corrected chi connectivity index (χ2v) is 4.85. The highest BCUT2D eigenvalue weighted by Crippen LogP contribution is 2.21. The van der Waals surface area contributed by atoms with Crippen LogP contribution in [0.4, 0.5) is 4.79 Å². The maximum atomic E-state index is 11.6. The predicted molar refractivity (Wildman–Crippen MR) is 70.8 cm³/mol. The van der Waals surface area contributed by atoms with Gasteiger partial charge < -0.3 is 15.7 Å². The fraction of sp³-hybridized carbons (Fsp3) is 0.500. The van der Waals surface area contributed by atoms with Gasteiger partial charge in [0.05, 0.1) is 6.04 Å². The summed E-state index contributed by atoms with van der Waals surface area (Å²) < 4.78 is 0. The van der Waals surface area contributed by atoms with Crippen LogP contribution in [0.2, 0.25) is 0 Å². The van der Waals surface area contributed by atoms with E-state index in [2.05, 4.69) is 10.6 Å². The van der Waals surface area contributed by atoms with E-state index in [1.165, 1.54) is 0 Å². The van der Waals surface area contributed by atoms with Crippen molar-refractivity contribution in [2.75, 3.05) is 6.54 Å². The van der Waals surface area contributed by atoms with E-state index in [1.807, 2.05) is 24.4 Å². The highest BCUT2D eigenvalue weighted by molar-refractivity contribution is 7.10. The van der Waals surface area contributed by atoms with Crippen LogP contribution in [0.15, 0.2) is 17.5 Å². The molecule has 0 fully saturated rings. The van der Waals surface area contributed by atoms with E-state index in [4.69, 9.17) is 5.11 Å². The van der Waals surface area contributed by atoms with Gasteiger partial charge in [-0.25, -0.2) is 4.79 Å². The van der Waals surface area contributed by atoms with Crippen LogP contribution in [0.3, 0.4) is 0 Å². The van der Waals surface area contributed by atoms with E-state index in [0.29, 0.717) is 13.0 Å². The van der Waals surface area contributed by atoms with Crippen molar-refractivity contribution in [1.29, 1.82) is 0 Å². The number of nitrogens with one attached hydrogen (secondary N) is 2. The molecule has 6 heteroatoms. The van der Waals surface area contributed by atoms with E-state index in [9.17, 15) is 9.59 Å². The van der Waals surface area contributed by atoms with Crippen molar-refractivity contribution in [2.45, 2.75) is 32.2 Å². The van der Waals surface area contributed by atoms with Crippen LogP contribution in [0, 0.1) is 0 Å². The molecule has 0 radical (unpaired) electrons. The molecular formula is C12H18N2O3S. The topological polar surface area (TPSA) is 78.4 Å². The molecule has 0 saturated carbocycles. The highest BCUT2D eigenvalue weighted by Gasteiger charge is 2.12. The summed E-state index contributed by atoms with van der Waals surface area (Å²) in [7, 11) is 0. The lowest BCUT2D eigenvalue weighted by molar-refractivity contribution is -0.137. The maximum Gasteiger partial charge on any atom is 0.315 e. The summed E-state index contributed by atoms with van der Waals surface area (Å²) in [5.41, 5.74) is 0. The Morgan fingerprint density at radius 1 is 1.50 bits per heavy atom. The Labute approximate surface area is 110 Å². The van der Waals surface area contributed by atoms with Gasteiger partial charge in [0.2, 0.25) is 0 Å². The largest absolute Gasteiger partial charge is 0.481 e. The summed E-state index contributed by atoms with van der Waals surface area (Å²) in [5.74, 6) is -0.845. The number of carboxylic acid groups (broad SMARTS) is 1. The number of aliphatic carboxylic acids is 1. The van der Waals surface area contributed by atoms with Crippen molar-refractivity contribution in [3.8, 4) is 0 Å². The number of carboxylic acids is 1. The predicted octanol–water partition coefficient (Wildman–Crippen LogP) is 2.36. The van der Waals surface area contributed by atoms with Crippen molar-refractivity contribution < 1.29 is 14.7 Å². The molecule has 100 valence electrons. The molecule has 1 unspecified atom stereocenters. The first-order valence-corrected chi connectivity index (χ1v) is 6.81. The van der Waals surface area contributed by atoms with Gasteiger partial charge in [-0.2, -0.15) is 0 Å². The third-order valence-corrected chi connectivity index (χ3v) is 3.44. The molecule has 1 aromatic heterocycles. The molecule has 1 rings (SSSR count). The Morgan fingerprint density at radius 3 is 2.83 bits per heavy atom. The summed E-state index contributed by atoms with van der Waals surface area (Å²) in [6.45, 7) is 2.38. The summed E-state index contributed by atoms with van der Waals surface area (Å²) in [4.78, 5) is 23.0. The third kappa shape index (κ3) is 5.18. The number of rotatable bonds is 7. The van der Waals surface area contributed by atoms with E-state index in [1.54, 1.807) is 11.3 Å². The molecule has 1 aromatic rings. The van der Waals surface area contributed by atoms with Crippen molar-refractivity contribution in [3.05, 3.63) is 22.4 Å². The molecule has 1 heterocycles. The first-order chi connectivity index (χ1) is 8.63. The molecule has 1 atom stereocenters. The van der Waals surface area contributed by atoms with Gasteiger partial charge in [0.15, 0.2) is 0 Å². The van der Waals surface area contributed by atoms with Crippen molar-refractivity contribution in [2.24, 2.45) is 0 Å². The van der Waals surface area contributed by atoms with Gasteiger partial charge in [-0.3, -0.25) is 4.79 Å². The summed E-state index contributed by atoms with van der Waals surface area (Å²) in [5, 5.41) is 16.0. The van der Waals surface area contributed by atoms with Gasteiger partial charge in [-0.05, 0) is 24.3 Å². The zero-order valence-electron chi connectivity index (χ0n) is 10.3. The van der Waals surface area contributed by atoms with E-state index in [-0.39, 0.29) is 18.5 Å². The molecule has 0 saturated heterocycles. The van der Waals surface area contributed by atoms with Gasteiger partial charge in [-0.1, -0.05) is 13.0 Å². The average molecular weight is 270 g/mol. The second kappa shape index (κ2) is 7.71. The molecule has 5 nitrogen and oxygen atoms in total. The van der Waals surface area contributed by atoms with E-state index >= 15 is 0 Å². The fourth-order valence-corrected chi connectivity index (χ4v) is 2.38. The highest BCUT2D eigenvalue weighted by atomic mass is 32.1. The lowest BCUT2D eigenvalue weighted by Crippen LogP contribution is -2.38. The van der Waals surface area contributed by atoms with Gasteiger partial charge in [-0.15, -0.1) is 11.3 Å². The minimum atomic E-state index is -0.845. The fourth-order valence-electron chi connectivity index (χ4n) is 1.51. The van der Waals surface area contributed by atoms with Gasteiger partial charge in [0.25, 0.3) is 0 Å². The number of urea groups is 1. The Kier molecular flexibility index (Phi) is 6.21. The number of amides is 2. The number of carbonyl (C=O) groups excluding carboxylic acids is 1. The Morgan fingerprint density at radius 2 is 2.28 bits per heavy atom. The molecule has 0 spiro atoms. The maximum absolute atomic E-state index is 11.6. The van der Waals surface area contributed by atoms with Crippen LogP contribution < -0.4 is 10.6 Å². The third-order valence-electron chi connectivity index (χ3n) is 2.45. The molecule has 18 heavy (non-hydrogen) atoms. The van der Waals surface area contributed by atoms with Crippen LogP contribution >= 0.6 is 11.3 Å². The number of carbonyl (C=O) groups is 2. The quantitative estimate of drug-likeness (QED) is 0.665. The van der Waals surface area contributed by atoms with Gasteiger partial charge in [0.1, 0.15) is 0 Å². The zero-order chi connectivity index (χ0) is 13.4. The summed E-state index contributed by atoms with van der Waals surface area (Å²) in [6.07, 6.45) is 1.34. The van der Waals surface area contributed by atoms with Crippen molar-refractivity contribution >= 4 is 23.3 Å². The summed E-state index contributed by atoms with van der Waals surface area (Å²) in [6, 6.07) is 3.71. The van der Waals surface area contributed by atoms with Crippen molar-refractivity contribution in [1.82, 2.24) is 10.6 Å². The Balaban J connectivity index is 2.28. The van der Waals surface area contributed by atoms with Crippen molar-refractivity contribution in [3.63, 3.8) is 0 Å².